The van der Waals surface area contributed by atoms with Crippen LogP contribution in [-0.2, 0) is 11.2 Å². The van der Waals surface area contributed by atoms with Crippen LogP contribution in [0.2, 0.25) is 0 Å². The van der Waals surface area contributed by atoms with E-state index in [4.69, 9.17) is 5.11 Å². The number of benzene rings is 2. The van der Waals surface area contributed by atoms with Gasteiger partial charge >= 0.3 is 5.97 Å². The molecule has 2 N–H and O–H groups in total. The van der Waals surface area contributed by atoms with Gasteiger partial charge < -0.3 is 10.4 Å². The minimum atomic E-state index is -1.17. The molecule has 0 fully saturated rings. The first-order valence-corrected chi connectivity index (χ1v) is 7.59. The number of aromatic nitrogens is 1. The summed E-state index contributed by atoms with van der Waals surface area (Å²) in [4.78, 5) is 27.0. The molecule has 0 aliphatic carbocycles. The first-order valence-electron chi connectivity index (χ1n) is 7.59. The average molecular weight is 320 g/mol. The number of aromatic carboxylic acids is 1. The van der Waals surface area contributed by atoms with Gasteiger partial charge in [-0.1, -0.05) is 42.5 Å². The van der Waals surface area contributed by atoms with E-state index in [2.05, 4.69) is 16.4 Å². The number of carbonyl (C=O) groups is 2. The van der Waals surface area contributed by atoms with Crippen molar-refractivity contribution < 1.29 is 14.7 Å². The molecular formula is C19H16N2O3. The van der Waals surface area contributed by atoms with Gasteiger partial charge in [0.05, 0.1) is 5.69 Å². The van der Waals surface area contributed by atoms with Gasteiger partial charge in [0.25, 0.3) is 0 Å². The molecule has 3 rings (SSSR count). The van der Waals surface area contributed by atoms with Crippen molar-refractivity contribution >= 4 is 28.3 Å². The van der Waals surface area contributed by atoms with E-state index < -0.39 is 5.97 Å². The molecule has 0 atom stereocenters. The number of nitrogens with one attached hydrogen (secondary N) is 1. The summed E-state index contributed by atoms with van der Waals surface area (Å²) in [6.45, 7) is 0. The smallest absolute Gasteiger partial charge is 0.356 e. The van der Waals surface area contributed by atoms with Crippen LogP contribution in [0.15, 0.2) is 60.8 Å². The van der Waals surface area contributed by atoms with E-state index in [1.807, 2.05) is 36.4 Å². The summed E-state index contributed by atoms with van der Waals surface area (Å²) in [6, 6.07) is 17.3. The molecule has 0 spiro atoms. The van der Waals surface area contributed by atoms with Gasteiger partial charge in [-0.3, -0.25) is 4.79 Å². The molecule has 0 bridgehead atoms. The fraction of sp³-hybridized carbons (Fsp3) is 0.105. The minimum absolute atomic E-state index is 0.156. The number of carboxylic acid groups (broad SMARTS) is 1. The maximum atomic E-state index is 12.1. The Bertz CT molecular complexity index is 906. The van der Waals surface area contributed by atoms with Gasteiger partial charge in [-0.05, 0) is 34.9 Å². The van der Waals surface area contributed by atoms with Crippen molar-refractivity contribution in [2.24, 2.45) is 0 Å². The monoisotopic (exact) mass is 320 g/mol. The zero-order valence-electron chi connectivity index (χ0n) is 12.9. The van der Waals surface area contributed by atoms with E-state index >= 15 is 0 Å². The van der Waals surface area contributed by atoms with Gasteiger partial charge in [-0.25, -0.2) is 9.78 Å². The normalized spacial score (nSPS) is 10.5. The fourth-order valence-electron chi connectivity index (χ4n) is 2.54. The Hall–Kier alpha value is -3.21. The number of aryl methyl sites for hydroxylation is 1. The molecule has 0 saturated carbocycles. The third-order valence-electron chi connectivity index (χ3n) is 3.74. The van der Waals surface area contributed by atoms with Crippen molar-refractivity contribution in [3.05, 3.63) is 72.1 Å². The Labute approximate surface area is 139 Å². The summed E-state index contributed by atoms with van der Waals surface area (Å²) in [5, 5.41) is 14.0. The lowest BCUT2D eigenvalue weighted by molar-refractivity contribution is -0.116. The summed E-state index contributed by atoms with van der Waals surface area (Å²) >= 11 is 0. The lowest BCUT2D eigenvalue weighted by atomic mass is 10.0. The number of carbonyl (C=O) groups excluding carboxylic acids is 1. The second kappa shape index (κ2) is 6.91. The van der Waals surface area contributed by atoms with Crippen molar-refractivity contribution in [2.75, 3.05) is 5.32 Å². The molecule has 1 heterocycles. The van der Waals surface area contributed by atoms with Crippen LogP contribution in [-0.4, -0.2) is 22.0 Å². The van der Waals surface area contributed by atoms with E-state index in [1.165, 1.54) is 12.3 Å². The minimum Gasteiger partial charge on any atom is -0.476 e. The van der Waals surface area contributed by atoms with Crippen molar-refractivity contribution in [1.82, 2.24) is 4.98 Å². The molecular weight excluding hydrogens is 304 g/mol. The van der Waals surface area contributed by atoms with Crippen LogP contribution >= 0.6 is 0 Å². The second-order valence-electron chi connectivity index (χ2n) is 5.43. The van der Waals surface area contributed by atoms with E-state index in [9.17, 15) is 9.59 Å². The van der Waals surface area contributed by atoms with Gasteiger partial charge in [0, 0.05) is 12.6 Å². The SMILES string of the molecule is O=C(CCc1ccc2ccccc2c1)Nc1cccnc1C(=O)O. The van der Waals surface area contributed by atoms with Crippen molar-refractivity contribution in [3.8, 4) is 0 Å². The molecule has 0 unspecified atom stereocenters. The Morgan fingerprint density at radius 3 is 2.58 bits per heavy atom. The number of hydrogen-bond donors (Lipinski definition) is 2. The number of fused-ring (bicyclic) bond motifs is 1. The Morgan fingerprint density at radius 1 is 1.00 bits per heavy atom. The first-order chi connectivity index (χ1) is 11.6. The lowest BCUT2D eigenvalue weighted by Gasteiger charge is -2.08. The Balaban J connectivity index is 1.66. The molecule has 0 radical (unpaired) electrons. The molecule has 0 saturated heterocycles. The molecule has 1 aromatic heterocycles. The van der Waals surface area contributed by atoms with Crippen molar-refractivity contribution in [3.63, 3.8) is 0 Å². The largest absolute Gasteiger partial charge is 0.476 e. The zero-order chi connectivity index (χ0) is 16.9. The molecule has 0 aliphatic heterocycles. The molecule has 3 aromatic rings. The Morgan fingerprint density at radius 2 is 1.79 bits per heavy atom. The highest BCUT2D eigenvalue weighted by Gasteiger charge is 2.13. The summed E-state index contributed by atoms with van der Waals surface area (Å²) < 4.78 is 0. The van der Waals surface area contributed by atoms with Crippen LogP contribution in [0, 0.1) is 0 Å². The Kier molecular flexibility index (Phi) is 4.52. The second-order valence-corrected chi connectivity index (χ2v) is 5.43. The maximum Gasteiger partial charge on any atom is 0.356 e. The number of carboxylic acids is 1. The molecule has 5 nitrogen and oxygen atoms in total. The third kappa shape index (κ3) is 3.57. The summed E-state index contributed by atoms with van der Waals surface area (Å²) in [7, 11) is 0. The van der Waals surface area contributed by atoms with Crippen LogP contribution in [0.25, 0.3) is 10.8 Å². The quantitative estimate of drug-likeness (QED) is 0.754. The van der Waals surface area contributed by atoms with E-state index in [1.54, 1.807) is 6.07 Å². The van der Waals surface area contributed by atoms with Gasteiger partial charge in [0.15, 0.2) is 5.69 Å². The van der Waals surface area contributed by atoms with E-state index in [-0.39, 0.29) is 23.7 Å². The van der Waals surface area contributed by atoms with Crippen LogP contribution in [0.1, 0.15) is 22.5 Å². The highest BCUT2D eigenvalue weighted by atomic mass is 16.4. The zero-order valence-corrected chi connectivity index (χ0v) is 12.9. The number of anilines is 1. The summed E-state index contributed by atoms with van der Waals surface area (Å²) in [5.74, 6) is -1.40. The number of amides is 1. The highest BCUT2D eigenvalue weighted by Crippen LogP contribution is 2.17. The standard InChI is InChI=1S/C19H16N2O3/c22-17(21-16-6-3-11-20-18(16)19(23)24)10-8-13-7-9-14-4-1-2-5-15(14)12-13/h1-7,9,11-12H,8,10H2,(H,21,22)(H,23,24). The van der Waals surface area contributed by atoms with Gasteiger partial charge in [-0.2, -0.15) is 0 Å². The predicted octanol–water partition coefficient (Wildman–Crippen LogP) is 3.50. The number of nitrogens with zero attached hydrogens (tertiary/aromatic N) is 1. The highest BCUT2D eigenvalue weighted by molar-refractivity contribution is 5.99. The summed E-state index contributed by atoms with van der Waals surface area (Å²) in [5.41, 5.74) is 1.12. The maximum absolute atomic E-state index is 12.1. The van der Waals surface area contributed by atoms with Crippen molar-refractivity contribution in [2.45, 2.75) is 12.8 Å². The van der Waals surface area contributed by atoms with Crippen LogP contribution in [0.4, 0.5) is 5.69 Å². The summed E-state index contributed by atoms with van der Waals surface area (Å²) in [6.07, 6.45) is 2.24. The lowest BCUT2D eigenvalue weighted by Crippen LogP contribution is -2.16. The molecule has 0 aliphatic rings. The molecule has 1 amide bonds. The van der Waals surface area contributed by atoms with Crippen LogP contribution in [0.3, 0.4) is 0 Å². The van der Waals surface area contributed by atoms with E-state index in [0.717, 1.165) is 16.3 Å². The first kappa shape index (κ1) is 15.7. The van der Waals surface area contributed by atoms with Gasteiger partial charge in [0.1, 0.15) is 0 Å². The number of rotatable bonds is 5. The van der Waals surface area contributed by atoms with Crippen molar-refractivity contribution in [1.29, 1.82) is 0 Å². The average Bonchev–Trinajstić information content (AvgIpc) is 2.60. The van der Waals surface area contributed by atoms with Crippen LogP contribution in [0.5, 0.6) is 0 Å². The number of pyridine rings is 1. The molecule has 2 aromatic carbocycles. The van der Waals surface area contributed by atoms with E-state index in [0.29, 0.717) is 6.42 Å². The van der Waals surface area contributed by atoms with Gasteiger partial charge in [-0.15, -0.1) is 0 Å². The van der Waals surface area contributed by atoms with Crippen LogP contribution < -0.4 is 5.32 Å². The topological polar surface area (TPSA) is 79.3 Å². The molecule has 5 heteroatoms. The predicted molar refractivity (Wildman–Crippen MR) is 92.1 cm³/mol. The molecule has 24 heavy (non-hydrogen) atoms. The molecule has 120 valence electrons. The third-order valence-corrected chi connectivity index (χ3v) is 3.74. The fourth-order valence-corrected chi connectivity index (χ4v) is 2.54. The van der Waals surface area contributed by atoms with Gasteiger partial charge in [0.2, 0.25) is 5.91 Å². The number of hydrogen-bond acceptors (Lipinski definition) is 3.